The zero-order chi connectivity index (χ0) is 16.8. The molecule has 0 bridgehead atoms. The molecule has 0 spiro atoms. The van der Waals surface area contributed by atoms with Gasteiger partial charge in [0.2, 0.25) is 0 Å². The van der Waals surface area contributed by atoms with Crippen molar-refractivity contribution in [2.45, 2.75) is 19.2 Å². The minimum atomic E-state index is -3.30. The van der Waals surface area contributed by atoms with Gasteiger partial charge in [0.25, 0.3) is 5.91 Å². The van der Waals surface area contributed by atoms with Gasteiger partial charge in [-0.1, -0.05) is 6.07 Å². The fraction of sp³-hybridized carbons (Fsp3) is 0.438. The van der Waals surface area contributed by atoms with Gasteiger partial charge < -0.3 is 9.88 Å². The Labute approximate surface area is 140 Å². The van der Waals surface area contributed by atoms with Gasteiger partial charge >= 0.3 is 0 Å². The summed E-state index contributed by atoms with van der Waals surface area (Å²) in [5.41, 5.74) is 3.59. The number of aromatic nitrogens is 1. The number of carbonyl (C=O) groups is 1. The zero-order valence-corrected chi connectivity index (χ0v) is 15.1. The molecule has 1 atom stereocenters. The fourth-order valence-electron chi connectivity index (χ4n) is 3.04. The molecule has 0 aliphatic carbocycles. The summed E-state index contributed by atoms with van der Waals surface area (Å²) < 4.78 is 24.0. The second kappa shape index (κ2) is 5.87. The van der Waals surface area contributed by atoms with Gasteiger partial charge in [-0.25, -0.2) is 8.42 Å². The van der Waals surface area contributed by atoms with E-state index in [9.17, 15) is 13.2 Å². The minimum absolute atomic E-state index is 0.242. The molecule has 1 aromatic heterocycles. The first-order chi connectivity index (χ1) is 10.8. The van der Waals surface area contributed by atoms with Crippen LogP contribution in [-0.4, -0.2) is 53.9 Å². The van der Waals surface area contributed by atoms with E-state index in [0.29, 0.717) is 18.0 Å². The Balaban J connectivity index is 2.00. The fourth-order valence-corrected chi connectivity index (χ4v) is 5.85. The SMILES string of the molecule is Cc1cc(C)c2cc(C(=O)N3CCSC[C@@H]3S(C)(=O)=O)[nH]c2c1. The van der Waals surface area contributed by atoms with Crippen LogP contribution in [0, 0.1) is 13.8 Å². The molecular formula is C16H20N2O3S2. The van der Waals surface area contributed by atoms with Gasteiger partial charge in [0.1, 0.15) is 11.1 Å². The van der Waals surface area contributed by atoms with E-state index in [0.717, 1.165) is 27.8 Å². The normalized spacial score (nSPS) is 19.3. The van der Waals surface area contributed by atoms with Crippen molar-refractivity contribution in [2.24, 2.45) is 0 Å². The summed E-state index contributed by atoms with van der Waals surface area (Å²) in [7, 11) is -3.30. The predicted octanol–water partition coefficient (Wildman–Crippen LogP) is 2.34. The lowest BCUT2D eigenvalue weighted by atomic mass is 10.1. The van der Waals surface area contributed by atoms with Crippen LogP contribution >= 0.6 is 11.8 Å². The molecule has 1 N–H and O–H groups in total. The van der Waals surface area contributed by atoms with Gasteiger partial charge in [-0.05, 0) is 37.1 Å². The standard InChI is InChI=1S/C16H20N2O3S2/c1-10-6-11(2)12-8-14(17-13(12)7-10)16(19)18-4-5-22-9-15(18)23(3,20)21/h6-8,15,17H,4-5,9H2,1-3H3/t15-/m0/s1. The summed E-state index contributed by atoms with van der Waals surface area (Å²) in [5.74, 6) is 0.952. The van der Waals surface area contributed by atoms with Crippen molar-refractivity contribution in [3.8, 4) is 0 Å². The molecule has 5 nitrogen and oxygen atoms in total. The Morgan fingerprint density at radius 3 is 2.74 bits per heavy atom. The van der Waals surface area contributed by atoms with Crippen LogP contribution in [0.3, 0.4) is 0 Å². The van der Waals surface area contributed by atoms with Crippen LogP contribution in [0.1, 0.15) is 21.6 Å². The quantitative estimate of drug-likeness (QED) is 0.901. The molecule has 124 valence electrons. The number of fused-ring (bicyclic) bond motifs is 1. The van der Waals surface area contributed by atoms with E-state index in [1.54, 1.807) is 11.8 Å². The molecule has 2 aromatic rings. The molecule has 1 aliphatic heterocycles. The maximum absolute atomic E-state index is 12.8. The van der Waals surface area contributed by atoms with Gasteiger partial charge in [0.05, 0.1) is 0 Å². The van der Waals surface area contributed by atoms with E-state index in [1.165, 1.54) is 11.2 Å². The van der Waals surface area contributed by atoms with Crippen molar-refractivity contribution < 1.29 is 13.2 Å². The van der Waals surface area contributed by atoms with E-state index in [-0.39, 0.29) is 5.91 Å². The largest absolute Gasteiger partial charge is 0.351 e. The number of sulfone groups is 1. The molecule has 2 heterocycles. The van der Waals surface area contributed by atoms with Gasteiger partial charge in [-0.2, -0.15) is 11.8 Å². The Hall–Kier alpha value is -1.47. The third-order valence-corrected chi connectivity index (χ3v) is 6.80. The molecule has 1 fully saturated rings. The number of benzene rings is 1. The highest BCUT2D eigenvalue weighted by Gasteiger charge is 2.35. The highest BCUT2D eigenvalue weighted by atomic mass is 32.2. The lowest BCUT2D eigenvalue weighted by Gasteiger charge is -2.33. The maximum Gasteiger partial charge on any atom is 0.271 e. The number of hydrogen-bond acceptors (Lipinski definition) is 4. The van der Waals surface area contributed by atoms with Crippen molar-refractivity contribution in [3.63, 3.8) is 0 Å². The van der Waals surface area contributed by atoms with Crippen LogP contribution in [0.4, 0.5) is 0 Å². The van der Waals surface area contributed by atoms with Crippen LogP contribution < -0.4 is 0 Å². The van der Waals surface area contributed by atoms with Crippen LogP contribution in [0.15, 0.2) is 18.2 Å². The molecule has 3 rings (SSSR count). The first-order valence-electron chi connectivity index (χ1n) is 7.45. The van der Waals surface area contributed by atoms with E-state index >= 15 is 0 Å². The molecule has 0 unspecified atom stereocenters. The predicted molar refractivity (Wildman–Crippen MR) is 94.8 cm³/mol. The van der Waals surface area contributed by atoms with Gasteiger partial charge in [0.15, 0.2) is 9.84 Å². The number of H-pyrrole nitrogens is 1. The molecule has 0 saturated carbocycles. The Bertz CT molecular complexity index is 871. The number of carbonyl (C=O) groups excluding carboxylic acids is 1. The van der Waals surface area contributed by atoms with Crippen LogP contribution in [0.2, 0.25) is 0 Å². The average molecular weight is 352 g/mol. The first kappa shape index (κ1) is 16.4. The number of nitrogens with one attached hydrogen (secondary N) is 1. The lowest BCUT2D eigenvalue weighted by molar-refractivity contribution is 0.0744. The van der Waals surface area contributed by atoms with Crippen molar-refractivity contribution in [1.82, 2.24) is 9.88 Å². The highest BCUT2D eigenvalue weighted by Crippen LogP contribution is 2.25. The summed E-state index contributed by atoms with van der Waals surface area (Å²) in [5, 5.41) is 0.254. The Kier molecular flexibility index (Phi) is 4.18. The smallest absolute Gasteiger partial charge is 0.271 e. The van der Waals surface area contributed by atoms with Crippen molar-refractivity contribution in [3.05, 3.63) is 35.0 Å². The Morgan fingerprint density at radius 1 is 1.30 bits per heavy atom. The number of rotatable bonds is 2. The van der Waals surface area contributed by atoms with E-state index in [2.05, 4.69) is 11.1 Å². The van der Waals surface area contributed by atoms with Crippen LogP contribution in [-0.2, 0) is 9.84 Å². The monoisotopic (exact) mass is 352 g/mol. The summed E-state index contributed by atoms with van der Waals surface area (Å²) in [4.78, 5) is 17.5. The Morgan fingerprint density at radius 2 is 2.04 bits per heavy atom. The number of nitrogens with zero attached hydrogens (tertiary/aromatic N) is 1. The third-order valence-electron chi connectivity index (χ3n) is 4.16. The minimum Gasteiger partial charge on any atom is -0.351 e. The zero-order valence-electron chi connectivity index (χ0n) is 13.4. The van der Waals surface area contributed by atoms with Gasteiger partial charge in [-0.15, -0.1) is 0 Å². The number of hydrogen-bond donors (Lipinski definition) is 1. The number of aryl methyl sites for hydroxylation is 2. The molecule has 1 saturated heterocycles. The average Bonchev–Trinajstić information content (AvgIpc) is 2.90. The van der Waals surface area contributed by atoms with E-state index in [1.807, 2.05) is 26.0 Å². The third kappa shape index (κ3) is 3.12. The molecule has 23 heavy (non-hydrogen) atoms. The maximum atomic E-state index is 12.8. The molecule has 1 amide bonds. The summed E-state index contributed by atoms with van der Waals surface area (Å²) in [6, 6.07) is 5.90. The molecule has 1 aliphatic rings. The van der Waals surface area contributed by atoms with Crippen LogP contribution in [0.25, 0.3) is 10.9 Å². The first-order valence-corrected chi connectivity index (χ1v) is 10.6. The van der Waals surface area contributed by atoms with E-state index < -0.39 is 15.2 Å². The molecule has 7 heteroatoms. The van der Waals surface area contributed by atoms with Crippen molar-refractivity contribution >= 4 is 38.4 Å². The van der Waals surface area contributed by atoms with Crippen LogP contribution in [0.5, 0.6) is 0 Å². The lowest BCUT2D eigenvalue weighted by Crippen LogP contribution is -2.50. The second-order valence-corrected chi connectivity index (χ2v) is 9.44. The molecular weight excluding hydrogens is 332 g/mol. The van der Waals surface area contributed by atoms with Crippen molar-refractivity contribution in [1.29, 1.82) is 0 Å². The summed E-state index contributed by atoms with van der Waals surface area (Å²) in [6.07, 6.45) is 1.20. The van der Waals surface area contributed by atoms with Crippen molar-refractivity contribution in [2.75, 3.05) is 24.3 Å². The second-order valence-electron chi connectivity index (χ2n) is 6.08. The number of amides is 1. The highest BCUT2D eigenvalue weighted by molar-refractivity contribution is 8.00. The van der Waals surface area contributed by atoms with Gasteiger partial charge in [0, 0.05) is 35.2 Å². The number of aromatic amines is 1. The van der Waals surface area contributed by atoms with E-state index in [4.69, 9.17) is 0 Å². The number of thioether (sulfide) groups is 1. The molecule has 0 radical (unpaired) electrons. The molecule has 1 aromatic carbocycles. The summed E-state index contributed by atoms with van der Waals surface area (Å²) in [6.45, 7) is 4.47. The summed E-state index contributed by atoms with van der Waals surface area (Å²) >= 11 is 1.57. The topological polar surface area (TPSA) is 70.2 Å². The van der Waals surface area contributed by atoms with Gasteiger partial charge in [-0.3, -0.25) is 4.79 Å².